The Bertz CT molecular complexity index is 4650. The molecule has 0 aliphatic carbocycles. The van der Waals surface area contributed by atoms with Gasteiger partial charge in [0.1, 0.15) is 0 Å². The Morgan fingerprint density at radius 3 is 0.694 bits per heavy atom. The quantitative estimate of drug-likeness (QED) is 0.177. The molecule has 17 aromatic rings. The summed E-state index contributed by atoms with van der Waals surface area (Å²) in [5.41, 5.74) is 16.1. The highest BCUT2D eigenvalue weighted by Crippen LogP contribution is 2.47. The van der Waals surface area contributed by atoms with Gasteiger partial charge in [0.25, 0.3) is 0 Å². The molecule has 0 radical (unpaired) electrons. The minimum absolute atomic E-state index is 0.715. The predicted octanol–water partition coefficient (Wildman–Crippen LogP) is 17.9. The molecule has 11 aromatic carbocycles. The third-order valence-corrected chi connectivity index (χ3v) is 15.5. The van der Waals surface area contributed by atoms with E-state index in [1.165, 1.54) is 43.1 Å². The first-order chi connectivity index (χ1) is 35.7. The van der Waals surface area contributed by atoms with E-state index in [0.717, 1.165) is 99.6 Å². The van der Waals surface area contributed by atoms with Crippen LogP contribution in [0.15, 0.2) is 239 Å². The molecule has 0 aliphatic heterocycles. The molecule has 72 heavy (non-hydrogen) atoms. The predicted molar refractivity (Wildman–Crippen MR) is 298 cm³/mol. The van der Waals surface area contributed by atoms with Crippen molar-refractivity contribution < 1.29 is 8.83 Å². The molecule has 0 unspecified atom stereocenters. The highest BCUT2D eigenvalue weighted by atomic mass is 16.4. The van der Waals surface area contributed by atoms with Crippen molar-refractivity contribution in [1.82, 2.24) is 18.3 Å². The van der Waals surface area contributed by atoms with E-state index in [9.17, 15) is 0 Å². The first-order valence-corrected chi connectivity index (χ1v) is 24.6. The molecule has 6 nitrogen and oxygen atoms in total. The van der Waals surface area contributed by atoms with Crippen LogP contribution >= 0.6 is 0 Å². The largest absolute Gasteiger partial charge is 0.450 e. The van der Waals surface area contributed by atoms with Gasteiger partial charge in [-0.3, -0.25) is 0 Å². The van der Waals surface area contributed by atoms with Crippen LogP contribution in [0.3, 0.4) is 0 Å². The third-order valence-electron chi connectivity index (χ3n) is 15.5. The Labute approximate surface area is 409 Å². The van der Waals surface area contributed by atoms with Crippen LogP contribution in [0.1, 0.15) is 0 Å². The van der Waals surface area contributed by atoms with E-state index < -0.39 is 0 Å². The Hall–Kier alpha value is -9.78. The molecule has 334 valence electrons. The van der Waals surface area contributed by atoms with Gasteiger partial charge in [-0.05, 0) is 84.9 Å². The van der Waals surface area contributed by atoms with Gasteiger partial charge in [-0.2, -0.15) is 0 Å². The van der Waals surface area contributed by atoms with Crippen molar-refractivity contribution in [1.29, 1.82) is 0 Å². The smallest absolute Gasteiger partial charge is 0.178 e. The van der Waals surface area contributed by atoms with E-state index >= 15 is 0 Å². The number of aromatic nitrogens is 4. The number of rotatable bonds is 4. The molecular formula is C66H38N4O2. The summed E-state index contributed by atoms with van der Waals surface area (Å²) in [6.07, 6.45) is 0. The molecule has 6 heterocycles. The molecule has 0 saturated heterocycles. The Balaban J connectivity index is 1.02. The molecule has 6 heteroatoms. The van der Waals surface area contributed by atoms with E-state index in [-0.39, 0.29) is 0 Å². The highest BCUT2D eigenvalue weighted by molar-refractivity contribution is 6.23. The number of para-hydroxylation sites is 8. The molecule has 0 atom stereocenters. The maximum Gasteiger partial charge on any atom is 0.178 e. The molecule has 0 spiro atoms. The van der Waals surface area contributed by atoms with Crippen LogP contribution in [-0.2, 0) is 0 Å². The zero-order chi connectivity index (χ0) is 46.8. The topological polar surface area (TPSA) is 46.0 Å². The van der Waals surface area contributed by atoms with Crippen LogP contribution in [0, 0.1) is 0 Å². The van der Waals surface area contributed by atoms with Gasteiger partial charge in [0.05, 0.1) is 55.5 Å². The Kier molecular flexibility index (Phi) is 7.38. The van der Waals surface area contributed by atoms with Gasteiger partial charge in [0.2, 0.25) is 0 Å². The van der Waals surface area contributed by atoms with E-state index in [2.05, 4.69) is 249 Å². The van der Waals surface area contributed by atoms with Gasteiger partial charge in [-0.25, -0.2) is 0 Å². The van der Waals surface area contributed by atoms with E-state index in [0.29, 0.717) is 11.2 Å². The second kappa shape index (κ2) is 13.9. The van der Waals surface area contributed by atoms with Crippen LogP contribution in [0.4, 0.5) is 0 Å². The average Bonchev–Trinajstić information content (AvgIpc) is 4.29. The average molecular weight is 919 g/mol. The number of fused-ring (bicyclic) bond motifs is 19. The van der Waals surface area contributed by atoms with Crippen LogP contribution in [0.5, 0.6) is 0 Å². The van der Waals surface area contributed by atoms with Gasteiger partial charge in [0.15, 0.2) is 22.3 Å². The van der Waals surface area contributed by atoms with Gasteiger partial charge < -0.3 is 27.1 Å². The van der Waals surface area contributed by atoms with Crippen LogP contribution in [0.25, 0.3) is 154 Å². The first-order valence-electron chi connectivity index (χ1n) is 24.6. The normalized spacial score (nSPS) is 12.4. The Morgan fingerprint density at radius 1 is 0.194 bits per heavy atom. The van der Waals surface area contributed by atoms with Crippen molar-refractivity contribution in [2.24, 2.45) is 0 Å². The summed E-state index contributed by atoms with van der Waals surface area (Å²) in [7, 11) is 0. The summed E-state index contributed by atoms with van der Waals surface area (Å²) in [5, 5.41) is 13.6. The maximum absolute atomic E-state index is 7.45. The number of furan rings is 2. The van der Waals surface area contributed by atoms with Crippen molar-refractivity contribution in [2.45, 2.75) is 0 Å². The molecule has 0 amide bonds. The Morgan fingerprint density at radius 2 is 0.431 bits per heavy atom. The number of benzene rings is 11. The second-order valence-corrected chi connectivity index (χ2v) is 19.2. The minimum atomic E-state index is 0.715. The van der Waals surface area contributed by atoms with Gasteiger partial charge in [0, 0.05) is 76.0 Å². The van der Waals surface area contributed by atoms with Crippen molar-refractivity contribution in [3.8, 4) is 22.7 Å². The molecule has 0 fully saturated rings. The summed E-state index contributed by atoms with van der Waals surface area (Å²) in [6, 6.07) is 83.5. The van der Waals surface area contributed by atoms with Crippen molar-refractivity contribution >= 4 is 131 Å². The van der Waals surface area contributed by atoms with Crippen LogP contribution in [-0.4, -0.2) is 18.3 Å². The van der Waals surface area contributed by atoms with Gasteiger partial charge in [-0.15, -0.1) is 0 Å². The summed E-state index contributed by atoms with van der Waals surface area (Å²) in [6.45, 7) is 0. The minimum Gasteiger partial charge on any atom is -0.450 e. The molecule has 17 rings (SSSR count). The lowest BCUT2D eigenvalue weighted by Crippen LogP contribution is -1.99. The molecule has 6 aromatic heterocycles. The van der Waals surface area contributed by atoms with Crippen molar-refractivity contribution in [3.63, 3.8) is 0 Å². The van der Waals surface area contributed by atoms with Crippen LogP contribution < -0.4 is 0 Å². The molecule has 0 aliphatic rings. The summed E-state index contributed by atoms with van der Waals surface area (Å²) in [4.78, 5) is 0. The molecule has 0 saturated carbocycles. The summed E-state index contributed by atoms with van der Waals surface area (Å²) in [5.74, 6) is 0. The third kappa shape index (κ3) is 4.92. The monoisotopic (exact) mass is 918 g/mol. The summed E-state index contributed by atoms with van der Waals surface area (Å²) >= 11 is 0. The fourth-order valence-electron chi connectivity index (χ4n) is 12.6. The fraction of sp³-hybridized carbons (Fsp3) is 0. The first kappa shape index (κ1) is 38.1. The zero-order valence-corrected chi connectivity index (χ0v) is 38.5. The standard InChI is InChI=1S/C66H38N4O2/c1-9-25-53-41(17-1)42-18-2-10-26-54(42)67(53)39-35-51-49-33-34-50-52-36-40(68-55-27-11-3-19-43(55)44-20-4-12-28-56(44)68)38-62(70-59-31-15-7-23-47(59)48-24-8-16-32-60(48)70)64(52)72-66(50)65(49)71-63(51)61(37-39)69-57-29-13-5-21-45(57)46-22-6-14-30-58(46)69/h1-38H. The highest BCUT2D eigenvalue weighted by Gasteiger charge is 2.26. The summed E-state index contributed by atoms with van der Waals surface area (Å²) < 4.78 is 24.5. The molecule has 0 N–H and O–H groups in total. The molecular weight excluding hydrogens is 881 g/mol. The fourth-order valence-corrected chi connectivity index (χ4v) is 12.6. The lowest BCUT2D eigenvalue weighted by atomic mass is 10.1. The van der Waals surface area contributed by atoms with E-state index in [1.807, 2.05) is 0 Å². The van der Waals surface area contributed by atoms with E-state index in [1.54, 1.807) is 0 Å². The SMILES string of the molecule is c1ccc2c(c1)c1ccccc1n2-c1cc(-n2c3ccccc3c3ccccc32)c2oc3c(ccc4c5cc(-n6c7ccccc7c7ccccc76)cc(-n6c7ccccc7c7ccccc76)c5oc43)c2c1. The van der Waals surface area contributed by atoms with E-state index in [4.69, 9.17) is 8.83 Å². The van der Waals surface area contributed by atoms with Crippen LogP contribution in [0.2, 0.25) is 0 Å². The van der Waals surface area contributed by atoms with Gasteiger partial charge >= 0.3 is 0 Å². The second-order valence-electron chi connectivity index (χ2n) is 19.2. The number of nitrogens with zero attached hydrogens (tertiary/aromatic N) is 4. The number of hydrogen-bond acceptors (Lipinski definition) is 2. The maximum atomic E-state index is 7.45. The number of hydrogen-bond donors (Lipinski definition) is 0. The van der Waals surface area contributed by atoms with Crippen molar-refractivity contribution in [2.75, 3.05) is 0 Å². The zero-order valence-electron chi connectivity index (χ0n) is 38.5. The molecule has 0 bridgehead atoms. The van der Waals surface area contributed by atoms with Crippen molar-refractivity contribution in [3.05, 3.63) is 231 Å². The lowest BCUT2D eigenvalue weighted by Gasteiger charge is -2.14. The lowest BCUT2D eigenvalue weighted by molar-refractivity contribution is 0.631. The van der Waals surface area contributed by atoms with Gasteiger partial charge in [-0.1, -0.05) is 146 Å².